The molecule has 132 valence electrons. The molecule has 6 heteroatoms. The number of rotatable bonds is 3. The molecule has 1 aromatic carbocycles. The highest BCUT2D eigenvalue weighted by atomic mass is 19.2. The first-order valence-electron chi connectivity index (χ1n) is 8.67. The van der Waals surface area contributed by atoms with Gasteiger partial charge in [-0.15, -0.1) is 0 Å². The van der Waals surface area contributed by atoms with Crippen molar-refractivity contribution in [1.29, 1.82) is 0 Å². The van der Waals surface area contributed by atoms with Gasteiger partial charge in [0.1, 0.15) is 0 Å². The Morgan fingerprint density at radius 1 is 1.29 bits per heavy atom. The maximum atomic E-state index is 13.8. The van der Waals surface area contributed by atoms with E-state index in [9.17, 15) is 13.6 Å². The zero-order valence-electron chi connectivity index (χ0n) is 13.9. The summed E-state index contributed by atoms with van der Waals surface area (Å²) >= 11 is 0. The Hall–Kier alpha value is -1.69. The Labute approximate surface area is 141 Å². The van der Waals surface area contributed by atoms with E-state index in [1.807, 2.05) is 0 Å². The monoisotopic (exact) mass is 338 g/mol. The van der Waals surface area contributed by atoms with E-state index in [-0.39, 0.29) is 11.6 Å². The summed E-state index contributed by atoms with van der Waals surface area (Å²) < 4.78 is 32.9. The van der Waals surface area contributed by atoms with Crippen LogP contribution in [0.2, 0.25) is 0 Å². The highest BCUT2D eigenvalue weighted by Crippen LogP contribution is 2.29. The quantitative estimate of drug-likeness (QED) is 0.914. The fraction of sp³-hybridized carbons (Fsp3) is 0.611. The van der Waals surface area contributed by atoms with Gasteiger partial charge >= 0.3 is 6.03 Å². The lowest BCUT2D eigenvalue weighted by Crippen LogP contribution is -2.46. The van der Waals surface area contributed by atoms with E-state index in [0.29, 0.717) is 25.1 Å². The molecule has 1 N–H and O–H groups in total. The molecule has 2 atom stereocenters. The molecule has 0 aromatic heterocycles. The van der Waals surface area contributed by atoms with Crippen LogP contribution in [0, 0.1) is 17.6 Å². The van der Waals surface area contributed by atoms with Crippen LogP contribution in [0.25, 0.3) is 0 Å². The van der Waals surface area contributed by atoms with Crippen LogP contribution in [0.5, 0.6) is 0 Å². The zero-order chi connectivity index (χ0) is 17.1. The van der Waals surface area contributed by atoms with Crippen molar-refractivity contribution in [3.8, 4) is 0 Å². The van der Waals surface area contributed by atoms with Gasteiger partial charge in [0.2, 0.25) is 0 Å². The third-order valence-corrected chi connectivity index (χ3v) is 5.11. The molecule has 2 fully saturated rings. The van der Waals surface area contributed by atoms with Gasteiger partial charge in [0, 0.05) is 25.3 Å². The molecular weight excluding hydrogens is 314 g/mol. The number of benzene rings is 1. The first-order chi connectivity index (χ1) is 11.6. The van der Waals surface area contributed by atoms with Crippen LogP contribution < -0.4 is 5.32 Å². The van der Waals surface area contributed by atoms with Crippen LogP contribution in [0.3, 0.4) is 0 Å². The van der Waals surface area contributed by atoms with Crippen LogP contribution in [0.15, 0.2) is 18.2 Å². The summed E-state index contributed by atoms with van der Waals surface area (Å²) in [5.41, 5.74) is 0.164. The van der Waals surface area contributed by atoms with Crippen LogP contribution >= 0.6 is 0 Å². The average molecular weight is 338 g/mol. The van der Waals surface area contributed by atoms with Crippen molar-refractivity contribution in [1.82, 2.24) is 10.2 Å². The minimum Gasteiger partial charge on any atom is -0.378 e. The number of nitrogens with one attached hydrogen (secondary N) is 1. The molecule has 0 saturated carbocycles. The molecule has 2 aliphatic heterocycles. The number of carbonyl (C=O) groups is 1. The lowest BCUT2D eigenvalue weighted by Gasteiger charge is -2.35. The molecular formula is C18H24F2N2O2. The van der Waals surface area contributed by atoms with Gasteiger partial charge in [-0.25, -0.2) is 13.6 Å². The second-order valence-electron chi connectivity index (χ2n) is 6.69. The lowest BCUT2D eigenvalue weighted by atomic mass is 9.90. The van der Waals surface area contributed by atoms with Crippen molar-refractivity contribution in [3.05, 3.63) is 35.4 Å². The number of hydrogen-bond acceptors (Lipinski definition) is 2. The van der Waals surface area contributed by atoms with E-state index >= 15 is 0 Å². The molecule has 1 aromatic rings. The van der Waals surface area contributed by atoms with Crippen molar-refractivity contribution in [2.45, 2.75) is 44.8 Å². The fourth-order valence-corrected chi connectivity index (χ4v) is 3.66. The van der Waals surface area contributed by atoms with Crippen LogP contribution in [0.4, 0.5) is 13.6 Å². The van der Waals surface area contributed by atoms with Crippen LogP contribution in [0.1, 0.15) is 44.2 Å². The van der Waals surface area contributed by atoms with Gasteiger partial charge in [-0.2, -0.15) is 0 Å². The van der Waals surface area contributed by atoms with E-state index in [1.165, 1.54) is 12.1 Å². The maximum absolute atomic E-state index is 13.8. The summed E-state index contributed by atoms with van der Waals surface area (Å²) in [6, 6.07) is 3.21. The van der Waals surface area contributed by atoms with Gasteiger partial charge in [0.25, 0.3) is 0 Å². The van der Waals surface area contributed by atoms with E-state index in [1.54, 1.807) is 11.8 Å². The number of urea groups is 1. The third kappa shape index (κ3) is 3.69. The molecule has 0 unspecified atom stereocenters. The molecule has 0 bridgehead atoms. The molecule has 0 aliphatic carbocycles. The van der Waals surface area contributed by atoms with E-state index in [2.05, 4.69) is 5.32 Å². The predicted octanol–water partition coefficient (Wildman–Crippen LogP) is 3.63. The largest absolute Gasteiger partial charge is 0.378 e. The van der Waals surface area contributed by atoms with Crippen LogP contribution in [-0.4, -0.2) is 36.7 Å². The Balaban J connectivity index is 1.53. The number of nitrogens with zero attached hydrogens (tertiary/aromatic N) is 1. The summed E-state index contributed by atoms with van der Waals surface area (Å²) in [5.74, 6) is -1.27. The molecule has 3 rings (SSSR count). The summed E-state index contributed by atoms with van der Waals surface area (Å²) in [6.45, 7) is 3.86. The second-order valence-corrected chi connectivity index (χ2v) is 6.69. The van der Waals surface area contributed by atoms with Crippen molar-refractivity contribution in [2.75, 3.05) is 19.7 Å². The topological polar surface area (TPSA) is 41.6 Å². The van der Waals surface area contributed by atoms with E-state index < -0.39 is 17.7 Å². The number of halogens is 2. The van der Waals surface area contributed by atoms with Gasteiger partial charge < -0.3 is 15.0 Å². The van der Waals surface area contributed by atoms with Crippen LogP contribution in [-0.2, 0) is 4.74 Å². The fourth-order valence-electron chi connectivity index (χ4n) is 3.66. The molecule has 2 amide bonds. The van der Waals surface area contributed by atoms with E-state index in [4.69, 9.17) is 4.74 Å². The summed E-state index contributed by atoms with van der Waals surface area (Å²) in [6.07, 6.45) is 4.45. The van der Waals surface area contributed by atoms with Gasteiger partial charge in [-0.3, -0.25) is 0 Å². The van der Waals surface area contributed by atoms with Gasteiger partial charge in [-0.1, -0.05) is 12.1 Å². The zero-order valence-corrected chi connectivity index (χ0v) is 13.9. The highest BCUT2D eigenvalue weighted by Gasteiger charge is 2.31. The first kappa shape index (κ1) is 17.1. The van der Waals surface area contributed by atoms with E-state index in [0.717, 1.165) is 38.4 Å². The number of amides is 2. The number of piperidine rings is 1. The molecule has 4 nitrogen and oxygen atoms in total. The number of hydrogen-bond donors (Lipinski definition) is 1. The summed E-state index contributed by atoms with van der Waals surface area (Å²) in [7, 11) is 0. The minimum absolute atomic E-state index is 0.164. The van der Waals surface area contributed by atoms with Crippen molar-refractivity contribution in [2.24, 2.45) is 5.92 Å². The minimum atomic E-state index is -0.901. The van der Waals surface area contributed by atoms with Gasteiger partial charge in [-0.05, 0) is 44.6 Å². The maximum Gasteiger partial charge on any atom is 0.317 e. The number of ether oxygens (including phenoxy) is 1. The Bertz CT molecular complexity index is 582. The number of carbonyl (C=O) groups excluding carboxylic acids is 1. The Kier molecular flexibility index (Phi) is 5.33. The number of likely N-dealkylation sites (tertiary alicyclic amines) is 1. The molecule has 2 aliphatic rings. The Morgan fingerprint density at radius 3 is 2.71 bits per heavy atom. The molecule has 0 radical (unpaired) electrons. The molecule has 24 heavy (non-hydrogen) atoms. The Morgan fingerprint density at radius 2 is 2.04 bits per heavy atom. The molecule has 2 heterocycles. The lowest BCUT2D eigenvalue weighted by molar-refractivity contribution is 0.0371. The smallest absolute Gasteiger partial charge is 0.317 e. The van der Waals surface area contributed by atoms with Crippen molar-refractivity contribution >= 4 is 6.03 Å². The summed E-state index contributed by atoms with van der Waals surface area (Å²) in [5, 5.41) is 2.77. The standard InChI is InChI=1S/C18H24F2N2O2/c1-12(14-4-2-5-15(19)17(14)20)21-18(23)22-9-7-13(8-10-22)16-6-3-11-24-16/h2,4-5,12-13,16H,3,6-11H2,1H3,(H,21,23)/t12-,16-/m1/s1. The van der Waals surface area contributed by atoms with Gasteiger partial charge in [0.15, 0.2) is 11.6 Å². The average Bonchev–Trinajstić information content (AvgIpc) is 3.12. The predicted molar refractivity (Wildman–Crippen MR) is 86.6 cm³/mol. The molecule has 0 spiro atoms. The van der Waals surface area contributed by atoms with Crippen molar-refractivity contribution in [3.63, 3.8) is 0 Å². The molecule has 2 saturated heterocycles. The highest BCUT2D eigenvalue weighted by molar-refractivity contribution is 5.74. The van der Waals surface area contributed by atoms with Gasteiger partial charge in [0.05, 0.1) is 12.1 Å². The summed E-state index contributed by atoms with van der Waals surface area (Å²) in [4.78, 5) is 14.1. The third-order valence-electron chi connectivity index (χ3n) is 5.11. The second kappa shape index (κ2) is 7.47. The first-order valence-corrected chi connectivity index (χ1v) is 8.67. The normalized spacial score (nSPS) is 23.3. The SMILES string of the molecule is C[C@@H](NC(=O)N1CCC([C@H]2CCCO2)CC1)c1cccc(F)c1F. The van der Waals surface area contributed by atoms with Crippen molar-refractivity contribution < 1.29 is 18.3 Å².